The van der Waals surface area contributed by atoms with Crippen molar-refractivity contribution < 1.29 is 14.3 Å². The highest BCUT2D eigenvalue weighted by molar-refractivity contribution is 6.00. The molecule has 0 atom stereocenters. The molecule has 0 bridgehead atoms. The number of hydrogen-bond donors (Lipinski definition) is 0. The molecule has 0 amide bonds. The number of nitrogens with zero attached hydrogens (tertiary/aromatic N) is 5. The van der Waals surface area contributed by atoms with Crippen LogP contribution in [0.5, 0.6) is 0 Å². The second-order valence-electron chi connectivity index (χ2n) is 11.1. The Morgan fingerprint density at radius 3 is 2.32 bits per heavy atom. The largest absolute Gasteiger partial charge is 0.461 e. The van der Waals surface area contributed by atoms with Gasteiger partial charge in [0.05, 0.1) is 36.6 Å². The molecule has 2 aromatic carbocycles. The Bertz CT molecular complexity index is 1520. The Hall–Kier alpha value is -3.91. The second kappa shape index (κ2) is 11.9. The van der Waals surface area contributed by atoms with Crippen LogP contribution in [-0.2, 0) is 9.47 Å². The first-order valence-electron chi connectivity index (χ1n) is 14.9. The summed E-state index contributed by atoms with van der Waals surface area (Å²) < 4.78 is 12.8. The first kappa shape index (κ1) is 27.3. The highest BCUT2D eigenvalue weighted by Gasteiger charge is 2.24. The Morgan fingerprint density at radius 2 is 1.61 bits per heavy atom. The standard InChI is InChI=1S/C33H39N5O3/c1-4-41-33(39)29-22-28(24-11-13-25(14-12-24)37-17-19-40-20-18-37)30-31(23(2)3)35-38(32(30)34-29)27-10-8-9-26(21-27)36-15-6-5-7-16-36/h8-14,21-23H,4-7,15-20H2,1-3H3. The third-order valence-electron chi connectivity index (χ3n) is 8.05. The van der Waals surface area contributed by atoms with Gasteiger partial charge in [-0.2, -0.15) is 5.10 Å². The van der Waals surface area contributed by atoms with Gasteiger partial charge >= 0.3 is 5.97 Å². The van der Waals surface area contributed by atoms with Crippen LogP contribution in [0.15, 0.2) is 54.6 Å². The molecule has 41 heavy (non-hydrogen) atoms. The molecule has 0 unspecified atom stereocenters. The van der Waals surface area contributed by atoms with Crippen LogP contribution in [0.4, 0.5) is 11.4 Å². The van der Waals surface area contributed by atoms with Crippen molar-refractivity contribution in [3.8, 4) is 16.8 Å². The summed E-state index contributed by atoms with van der Waals surface area (Å²) in [6.07, 6.45) is 3.71. The van der Waals surface area contributed by atoms with E-state index < -0.39 is 5.97 Å². The van der Waals surface area contributed by atoms with Crippen LogP contribution >= 0.6 is 0 Å². The molecule has 214 valence electrons. The Morgan fingerprint density at radius 1 is 0.902 bits per heavy atom. The minimum Gasteiger partial charge on any atom is -0.461 e. The number of carbonyl (C=O) groups excluding carboxylic acids is 1. The van der Waals surface area contributed by atoms with Gasteiger partial charge in [0.2, 0.25) is 0 Å². The molecule has 2 aliphatic heterocycles. The fourth-order valence-electron chi connectivity index (χ4n) is 5.91. The van der Waals surface area contributed by atoms with Crippen molar-refractivity contribution in [3.63, 3.8) is 0 Å². The van der Waals surface area contributed by atoms with Gasteiger partial charge in [0.15, 0.2) is 11.3 Å². The maximum atomic E-state index is 13.0. The van der Waals surface area contributed by atoms with Crippen LogP contribution in [0.3, 0.4) is 0 Å². The number of fused-ring (bicyclic) bond motifs is 1. The summed E-state index contributed by atoms with van der Waals surface area (Å²) in [5.74, 6) is -0.271. The van der Waals surface area contributed by atoms with Crippen LogP contribution in [0.2, 0.25) is 0 Å². The Labute approximate surface area is 241 Å². The first-order chi connectivity index (χ1) is 20.0. The predicted molar refractivity (Wildman–Crippen MR) is 163 cm³/mol. The van der Waals surface area contributed by atoms with Crippen molar-refractivity contribution in [2.45, 2.75) is 46.0 Å². The van der Waals surface area contributed by atoms with Gasteiger partial charge in [-0.05, 0) is 79.6 Å². The number of carbonyl (C=O) groups is 1. The van der Waals surface area contributed by atoms with Crippen LogP contribution in [0.1, 0.15) is 62.1 Å². The molecule has 0 aliphatic carbocycles. The molecular formula is C33H39N5O3. The molecule has 2 saturated heterocycles. The van der Waals surface area contributed by atoms with Crippen molar-refractivity contribution in [1.29, 1.82) is 0 Å². The number of ether oxygens (including phenoxy) is 2. The van der Waals surface area contributed by atoms with E-state index in [-0.39, 0.29) is 18.2 Å². The summed E-state index contributed by atoms with van der Waals surface area (Å²) >= 11 is 0. The molecule has 4 aromatic rings. The molecule has 2 aliphatic rings. The normalized spacial score (nSPS) is 16.0. The van der Waals surface area contributed by atoms with Gasteiger partial charge in [-0.25, -0.2) is 14.5 Å². The van der Waals surface area contributed by atoms with Gasteiger partial charge in [0, 0.05) is 37.6 Å². The zero-order chi connectivity index (χ0) is 28.3. The number of esters is 1. The number of rotatable bonds is 7. The lowest BCUT2D eigenvalue weighted by Gasteiger charge is -2.29. The monoisotopic (exact) mass is 553 g/mol. The maximum Gasteiger partial charge on any atom is 0.357 e. The molecule has 0 spiro atoms. The number of piperidine rings is 1. The van der Waals surface area contributed by atoms with Crippen LogP contribution < -0.4 is 9.80 Å². The fraction of sp³-hybridized carbons (Fsp3) is 0.424. The van der Waals surface area contributed by atoms with Crippen molar-refractivity contribution >= 4 is 28.4 Å². The minimum atomic E-state index is -0.429. The van der Waals surface area contributed by atoms with Crippen molar-refractivity contribution in [2.75, 3.05) is 55.8 Å². The first-order valence-corrected chi connectivity index (χ1v) is 14.9. The maximum absolute atomic E-state index is 13.0. The molecular weight excluding hydrogens is 514 g/mol. The number of aromatic nitrogens is 3. The molecule has 8 nitrogen and oxygen atoms in total. The summed E-state index contributed by atoms with van der Waals surface area (Å²) in [5.41, 5.74) is 7.17. The minimum absolute atomic E-state index is 0.158. The van der Waals surface area contributed by atoms with Crippen LogP contribution in [0, 0.1) is 0 Å². The zero-order valence-electron chi connectivity index (χ0n) is 24.3. The third-order valence-corrected chi connectivity index (χ3v) is 8.05. The van der Waals surface area contributed by atoms with E-state index in [1.165, 1.54) is 30.6 Å². The van der Waals surface area contributed by atoms with Gasteiger partial charge in [-0.1, -0.05) is 32.0 Å². The average Bonchev–Trinajstić information content (AvgIpc) is 3.42. The van der Waals surface area contributed by atoms with Gasteiger partial charge in [-0.3, -0.25) is 0 Å². The highest BCUT2D eigenvalue weighted by Crippen LogP contribution is 2.37. The number of pyridine rings is 1. The molecule has 0 saturated carbocycles. The van der Waals surface area contributed by atoms with E-state index >= 15 is 0 Å². The van der Waals surface area contributed by atoms with E-state index in [0.717, 1.165) is 67.3 Å². The number of anilines is 2. The van der Waals surface area contributed by atoms with Gasteiger partial charge in [0.25, 0.3) is 0 Å². The summed E-state index contributed by atoms with van der Waals surface area (Å²) in [7, 11) is 0. The topological polar surface area (TPSA) is 72.7 Å². The second-order valence-corrected chi connectivity index (χ2v) is 11.1. The molecule has 0 N–H and O–H groups in total. The SMILES string of the molecule is CCOC(=O)c1cc(-c2ccc(N3CCOCC3)cc2)c2c(C(C)C)nn(-c3cccc(N4CCCCC4)c3)c2n1. The van der Waals surface area contributed by atoms with Gasteiger partial charge < -0.3 is 19.3 Å². The van der Waals surface area contributed by atoms with E-state index in [1.807, 2.05) is 17.7 Å². The molecule has 4 heterocycles. The van der Waals surface area contributed by atoms with E-state index in [9.17, 15) is 4.79 Å². The summed E-state index contributed by atoms with van der Waals surface area (Å²) in [6, 6.07) is 18.9. The smallest absolute Gasteiger partial charge is 0.357 e. The molecule has 2 fully saturated rings. The third kappa shape index (κ3) is 5.53. The molecule has 2 aromatic heterocycles. The van der Waals surface area contributed by atoms with E-state index in [1.54, 1.807) is 0 Å². The van der Waals surface area contributed by atoms with Crippen molar-refractivity contribution in [3.05, 3.63) is 66.0 Å². The number of hydrogen-bond acceptors (Lipinski definition) is 7. The van der Waals surface area contributed by atoms with Crippen LogP contribution in [0.25, 0.3) is 27.8 Å². The summed E-state index contributed by atoms with van der Waals surface area (Å²) in [4.78, 5) is 22.7. The average molecular weight is 554 g/mol. The summed E-state index contributed by atoms with van der Waals surface area (Å²) in [6.45, 7) is 11.8. The number of morpholine rings is 1. The zero-order valence-corrected chi connectivity index (χ0v) is 24.3. The van der Waals surface area contributed by atoms with Crippen molar-refractivity contribution in [1.82, 2.24) is 14.8 Å². The molecule has 8 heteroatoms. The molecule has 6 rings (SSSR count). The van der Waals surface area contributed by atoms with E-state index in [2.05, 4.69) is 72.2 Å². The summed E-state index contributed by atoms with van der Waals surface area (Å²) in [5, 5.41) is 6.10. The van der Waals surface area contributed by atoms with Gasteiger partial charge in [0.1, 0.15) is 0 Å². The van der Waals surface area contributed by atoms with E-state index in [0.29, 0.717) is 5.65 Å². The lowest BCUT2D eigenvalue weighted by molar-refractivity contribution is 0.0520. The highest BCUT2D eigenvalue weighted by atomic mass is 16.5. The van der Waals surface area contributed by atoms with Gasteiger partial charge in [-0.15, -0.1) is 0 Å². The quantitative estimate of drug-likeness (QED) is 0.252. The van der Waals surface area contributed by atoms with Crippen LogP contribution in [-0.4, -0.2) is 66.7 Å². The lowest BCUT2D eigenvalue weighted by atomic mass is 9.97. The Kier molecular flexibility index (Phi) is 7.92. The molecule has 0 radical (unpaired) electrons. The predicted octanol–water partition coefficient (Wildman–Crippen LogP) is 6.21. The van der Waals surface area contributed by atoms with E-state index in [4.69, 9.17) is 19.6 Å². The number of benzene rings is 2. The van der Waals surface area contributed by atoms with Crippen molar-refractivity contribution in [2.24, 2.45) is 0 Å². The fourth-order valence-corrected chi connectivity index (χ4v) is 5.91. The lowest BCUT2D eigenvalue weighted by Crippen LogP contribution is -2.36. The Balaban J connectivity index is 1.50.